The first-order valence-corrected chi connectivity index (χ1v) is 10.1. The summed E-state index contributed by atoms with van der Waals surface area (Å²) < 4.78 is 43.1. The summed E-state index contributed by atoms with van der Waals surface area (Å²) in [6, 6.07) is 13.3. The van der Waals surface area contributed by atoms with Crippen molar-refractivity contribution < 1.29 is 17.9 Å². The summed E-state index contributed by atoms with van der Waals surface area (Å²) in [5.41, 5.74) is 8.35. The van der Waals surface area contributed by atoms with Crippen LogP contribution in [0.2, 0.25) is 5.02 Å². The van der Waals surface area contributed by atoms with E-state index in [-0.39, 0.29) is 5.75 Å². The van der Waals surface area contributed by atoms with Crippen molar-refractivity contribution in [2.75, 3.05) is 6.54 Å². The van der Waals surface area contributed by atoms with Crippen LogP contribution in [0.25, 0.3) is 11.3 Å². The number of nitrogens with zero attached hydrogens (tertiary/aromatic N) is 2. The van der Waals surface area contributed by atoms with Crippen molar-refractivity contribution in [1.82, 2.24) is 4.57 Å². The van der Waals surface area contributed by atoms with Crippen LogP contribution in [0, 0.1) is 0 Å². The van der Waals surface area contributed by atoms with E-state index in [0.717, 1.165) is 28.0 Å². The lowest BCUT2D eigenvalue weighted by Crippen LogP contribution is -2.18. The Hall–Kier alpha value is -2.29. The minimum Gasteiger partial charge on any atom is -0.406 e. The van der Waals surface area contributed by atoms with Gasteiger partial charge in [-0.05, 0) is 60.5 Å². The molecule has 0 aliphatic rings. The van der Waals surface area contributed by atoms with E-state index in [1.807, 2.05) is 34.2 Å². The van der Waals surface area contributed by atoms with Crippen molar-refractivity contribution in [3.05, 3.63) is 69.3 Å². The molecule has 0 saturated carbocycles. The van der Waals surface area contributed by atoms with Gasteiger partial charge in [0, 0.05) is 16.9 Å². The van der Waals surface area contributed by atoms with Gasteiger partial charge in [-0.25, -0.2) is 0 Å². The normalized spacial score (nSPS) is 12.4. The molecule has 0 amide bonds. The first kappa shape index (κ1) is 21.4. The van der Waals surface area contributed by atoms with E-state index < -0.39 is 6.36 Å². The molecule has 4 nitrogen and oxygen atoms in total. The van der Waals surface area contributed by atoms with Crippen LogP contribution >= 0.6 is 22.9 Å². The molecule has 0 radical (unpaired) electrons. The minimum absolute atomic E-state index is 0.252. The van der Waals surface area contributed by atoms with Gasteiger partial charge in [0.1, 0.15) is 5.75 Å². The van der Waals surface area contributed by atoms with Gasteiger partial charge in [0.25, 0.3) is 0 Å². The number of rotatable bonds is 7. The van der Waals surface area contributed by atoms with Gasteiger partial charge in [-0.3, -0.25) is 4.99 Å². The number of benzene rings is 2. The average Bonchev–Trinajstić information content (AvgIpc) is 3.08. The molecule has 0 aliphatic carbocycles. The van der Waals surface area contributed by atoms with Crippen LogP contribution in [-0.4, -0.2) is 17.5 Å². The van der Waals surface area contributed by atoms with Gasteiger partial charge in [0.05, 0.1) is 12.2 Å². The van der Waals surface area contributed by atoms with Crippen LogP contribution in [0.5, 0.6) is 5.75 Å². The summed E-state index contributed by atoms with van der Waals surface area (Å²) in [4.78, 5) is 5.51. The maximum Gasteiger partial charge on any atom is 0.573 e. The second kappa shape index (κ2) is 9.47. The van der Waals surface area contributed by atoms with Crippen molar-refractivity contribution >= 4 is 22.9 Å². The zero-order valence-corrected chi connectivity index (χ0v) is 16.9. The fourth-order valence-electron chi connectivity index (χ4n) is 2.73. The van der Waals surface area contributed by atoms with Crippen LogP contribution in [0.4, 0.5) is 13.2 Å². The smallest absolute Gasteiger partial charge is 0.406 e. The van der Waals surface area contributed by atoms with Gasteiger partial charge in [-0.15, -0.1) is 24.5 Å². The number of aromatic nitrogens is 1. The van der Waals surface area contributed by atoms with Crippen LogP contribution < -0.4 is 15.3 Å². The first-order chi connectivity index (χ1) is 13.9. The summed E-state index contributed by atoms with van der Waals surface area (Å²) >= 11 is 7.39. The summed E-state index contributed by atoms with van der Waals surface area (Å²) in [7, 11) is 0. The molecule has 29 heavy (non-hydrogen) atoms. The monoisotopic (exact) mass is 441 g/mol. The van der Waals surface area contributed by atoms with Gasteiger partial charge < -0.3 is 15.0 Å². The van der Waals surface area contributed by atoms with E-state index in [4.69, 9.17) is 22.3 Å². The Kier molecular flexibility index (Phi) is 7.00. The van der Waals surface area contributed by atoms with E-state index in [9.17, 15) is 13.2 Å². The third-order valence-electron chi connectivity index (χ3n) is 4.08. The summed E-state index contributed by atoms with van der Waals surface area (Å²) in [6.07, 6.45) is -3.95. The molecule has 154 valence electrons. The number of hydrogen-bond acceptors (Lipinski definition) is 4. The summed E-state index contributed by atoms with van der Waals surface area (Å²) in [5.74, 6) is -0.252. The molecule has 9 heteroatoms. The highest BCUT2D eigenvalue weighted by molar-refractivity contribution is 7.07. The molecular formula is C20H19ClF3N3OS. The number of nitrogens with two attached hydrogens (primary N) is 1. The molecule has 0 bridgehead atoms. The lowest BCUT2D eigenvalue weighted by Gasteiger charge is -2.11. The molecule has 0 aliphatic heterocycles. The summed E-state index contributed by atoms with van der Waals surface area (Å²) in [5, 5.41) is 2.61. The van der Waals surface area contributed by atoms with E-state index in [1.54, 1.807) is 12.1 Å². The largest absolute Gasteiger partial charge is 0.573 e. The molecule has 2 N–H and O–H groups in total. The maximum absolute atomic E-state index is 12.4. The zero-order valence-electron chi connectivity index (χ0n) is 15.3. The van der Waals surface area contributed by atoms with E-state index >= 15 is 0 Å². The molecular weight excluding hydrogens is 423 g/mol. The Morgan fingerprint density at radius 2 is 1.76 bits per heavy atom. The van der Waals surface area contributed by atoms with Gasteiger partial charge in [0.2, 0.25) is 0 Å². The summed E-state index contributed by atoms with van der Waals surface area (Å²) in [6.45, 7) is 1.69. The topological polar surface area (TPSA) is 52.5 Å². The van der Waals surface area contributed by atoms with Crippen LogP contribution in [-0.2, 0) is 13.1 Å². The van der Waals surface area contributed by atoms with E-state index in [2.05, 4.69) is 4.74 Å². The number of hydrogen-bond donors (Lipinski definition) is 1. The molecule has 1 heterocycles. The highest BCUT2D eigenvalue weighted by atomic mass is 35.5. The molecule has 3 rings (SSSR count). The number of halogens is 4. The molecule has 2 aromatic carbocycles. The highest BCUT2D eigenvalue weighted by Crippen LogP contribution is 2.27. The second-order valence-corrected chi connectivity index (χ2v) is 7.49. The third-order valence-corrected chi connectivity index (χ3v) is 5.23. The van der Waals surface area contributed by atoms with Gasteiger partial charge >= 0.3 is 6.36 Å². The fourth-order valence-corrected chi connectivity index (χ4v) is 3.79. The Balaban J connectivity index is 1.88. The maximum atomic E-state index is 12.4. The predicted molar refractivity (Wildman–Crippen MR) is 109 cm³/mol. The van der Waals surface area contributed by atoms with Crippen molar-refractivity contribution in [2.45, 2.75) is 25.9 Å². The van der Waals surface area contributed by atoms with Crippen LogP contribution in [0.15, 0.2) is 58.9 Å². The fraction of sp³-hybridized carbons (Fsp3) is 0.250. The van der Waals surface area contributed by atoms with Crippen LogP contribution in [0.1, 0.15) is 12.0 Å². The molecule has 3 aromatic rings. The van der Waals surface area contributed by atoms with Crippen molar-refractivity contribution in [3.8, 4) is 17.0 Å². The Morgan fingerprint density at radius 1 is 1.07 bits per heavy atom. The van der Waals surface area contributed by atoms with Crippen LogP contribution in [0.3, 0.4) is 0 Å². The SMILES string of the molecule is NCCCn1c(-c2ccc(OC(F)(F)F)cc2)csc1=NCc1ccc(Cl)cc1. The van der Waals surface area contributed by atoms with E-state index in [1.165, 1.54) is 23.5 Å². The highest BCUT2D eigenvalue weighted by Gasteiger charge is 2.31. The quantitative estimate of drug-likeness (QED) is 0.546. The van der Waals surface area contributed by atoms with E-state index in [0.29, 0.717) is 24.7 Å². The standard InChI is InChI=1S/C20H19ClF3N3OS/c21-16-6-2-14(3-7-16)12-26-19-27(11-1-10-25)18(13-29-19)15-4-8-17(9-5-15)28-20(22,23)24/h2-9,13H,1,10-12,25H2. The Labute approximate surface area is 175 Å². The predicted octanol–water partition coefficient (Wildman–Crippen LogP) is 5.22. The molecule has 0 spiro atoms. The van der Waals surface area contributed by atoms with Crippen molar-refractivity contribution in [3.63, 3.8) is 0 Å². The average molecular weight is 442 g/mol. The third kappa shape index (κ3) is 6.09. The Bertz CT molecular complexity index is 996. The van der Waals surface area contributed by atoms with Crippen molar-refractivity contribution in [1.29, 1.82) is 0 Å². The molecule has 1 aromatic heterocycles. The number of alkyl halides is 3. The molecule has 0 saturated heterocycles. The number of thiazole rings is 1. The number of ether oxygens (including phenoxy) is 1. The lowest BCUT2D eigenvalue weighted by atomic mass is 10.1. The zero-order chi connectivity index (χ0) is 20.9. The van der Waals surface area contributed by atoms with Gasteiger partial charge in [-0.2, -0.15) is 0 Å². The first-order valence-electron chi connectivity index (χ1n) is 8.85. The van der Waals surface area contributed by atoms with Gasteiger partial charge in [-0.1, -0.05) is 23.7 Å². The molecule has 0 atom stereocenters. The second-order valence-electron chi connectivity index (χ2n) is 6.21. The van der Waals surface area contributed by atoms with Crippen molar-refractivity contribution in [2.24, 2.45) is 10.7 Å². The molecule has 0 unspecified atom stereocenters. The Morgan fingerprint density at radius 3 is 2.38 bits per heavy atom. The lowest BCUT2D eigenvalue weighted by molar-refractivity contribution is -0.274. The molecule has 0 fully saturated rings. The van der Waals surface area contributed by atoms with Gasteiger partial charge in [0.15, 0.2) is 4.80 Å². The minimum atomic E-state index is -4.71.